The predicted octanol–water partition coefficient (Wildman–Crippen LogP) is 6.61. The number of hydrogen-bond acceptors (Lipinski definition) is 3. The minimum Gasteiger partial charge on any atom is -0.469 e. The molecule has 0 spiro atoms. The van der Waals surface area contributed by atoms with Gasteiger partial charge < -0.3 is 10.1 Å². The van der Waals surface area contributed by atoms with E-state index in [9.17, 15) is 9.59 Å². The molecule has 1 aromatic rings. The summed E-state index contributed by atoms with van der Waals surface area (Å²) in [5.74, 6) is -0.0852. The first-order chi connectivity index (χ1) is 14.7. The van der Waals surface area contributed by atoms with Gasteiger partial charge in [-0.3, -0.25) is 9.59 Å². The SMILES string of the molecule is CCCCCCC(C/C=C\CCCCCCCC(=O)OC)NC(=O)c1ccccc1. The summed E-state index contributed by atoms with van der Waals surface area (Å²) in [6.07, 6.45) is 18.4. The van der Waals surface area contributed by atoms with E-state index in [1.54, 1.807) is 0 Å². The summed E-state index contributed by atoms with van der Waals surface area (Å²) in [6.45, 7) is 2.22. The number of rotatable bonds is 17. The molecule has 4 heteroatoms. The van der Waals surface area contributed by atoms with E-state index in [1.807, 2.05) is 30.3 Å². The van der Waals surface area contributed by atoms with Gasteiger partial charge in [0, 0.05) is 18.0 Å². The molecule has 1 unspecified atom stereocenters. The summed E-state index contributed by atoms with van der Waals surface area (Å²) in [5, 5.41) is 3.22. The first kappa shape index (κ1) is 25.9. The van der Waals surface area contributed by atoms with Crippen LogP contribution in [0, 0.1) is 0 Å². The van der Waals surface area contributed by atoms with E-state index in [1.165, 1.54) is 39.2 Å². The number of amides is 1. The number of benzene rings is 1. The highest BCUT2D eigenvalue weighted by molar-refractivity contribution is 5.94. The van der Waals surface area contributed by atoms with E-state index in [4.69, 9.17) is 0 Å². The molecule has 0 aromatic heterocycles. The van der Waals surface area contributed by atoms with Crippen LogP contribution in [0.15, 0.2) is 42.5 Å². The van der Waals surface area contributed by atoms with E-state index in [-0.39, 0.29) is 17.9 Å². The molecule has 0 aliphatic heterocycles. The van der Waals surface area contributed by atoms with E-state index < -0.39 is 0 Å². The molecule has 1 atom stereocenters. The Hall–Kier alpha value is -2.10. The summed E-state index contributed by atoms with van der Waals surface area (Å²) >= 11 is 0. The average molecular weight is 416 g/mol. The zero-order valence-corrected chi connectivity index (χ0v) is 19.0. The van der Waals surface area contributed by atoms with Crippen LogP contribution in [-0.2, 0) is 9.53 Å². The second-order valence-electron chi connectivity index (χ2n) is 7.98. The Bertz CT molecular complexity index is 598. The van der Waals surface area contributed by atoms with E-state index in [2.05, 4.69) is 29.1 Å². The summed E-state index contributed by atoms with van der Waals surface area (Å²) in [4.78, 5) is 23.6. The lowest BCUT2D eigenvalue weighted by atomic mass is 10.0. The number of esters is 1. The summed E-state index contributed by atoms with van der Waals surface area (Å²) < 4.78 is 4.65. The monoisotopic (exact) mass is 415 g/mol. The lowest BCUT2D eigenvalue weighted by molar-refractivity contribution is -0.140. The molecule has 1 N–H and O–H groups in total. The van der Waals surface area contributed by atoms with Gasteiger partial charge in [0.15, 0.2) is 0 Å². The van der Waals surface area contributed by atoms with Crippen LogP contribution in [-0.4, -0.2) is 25.0 Å². The van der Waals surface area contributed by atoms with Crippen molar-refractivity contribution in [1.82, 2.24) is 5.32 Å². The molecule has 0 aliphatic rings. The standard InChI is InChI=1S/C26H41NO3/c1-3-4-5-15-20-24(27-26(29)23-18-13-12-14-19-23)21-16-10-8-6-7-9-11-17-22-25(28)30-2/h10,12-14,16,18-19,24H,3-9,11,15,17,20-22H2,1-2H3,(H,27,29)/b16-10-. The number of nitrogens with one attached hydrogen (secondary N) is 1. The highest BCUT2D eigenvalue weighted by Crippen LogP contribution is 2.12. The first-order valence-electron chi connectivity index (χ1n) is 11.7. The molecule has 1 amide bonds. The van der Waals surface area contributed by atoms with Crippen molar-refractivity contribution >= 4 is 11.9 Å². The van der Waals surface area contributed by atoms with Gasteiger partial charge in [-0.05, 0) is 44.2 Å². The van der Waals surface area contributed by atoms with Gasteiger partial charge in [-0.1, -0.05) is 82.2 Å². The molecule has 0 heterocycles. The van der Waals surface area contributed by atoms with Crippen molar-refractivity contribution in [1.29, 1.82) is 0 Å². The minimum absolute atomic E-state index is 0.0245. The highest BCUT2D eigenvalue weighted by Gasteiger charge is 2.12. The molecule has 0 saturated heterocycles. The molecule has 168 valence electrons. The first-order valence-corrected chi connectivity index (χ1v) is 11.7. The van der Waals surface area contributed by atoms with Crippen LogP contribution in [0.2, 0.25) is 0 Å². The van der Waals surface area contributed by atoms with E-state index in [0.29, 0.717) is 6.42 Å². The number of carbonyl (C=O) groups is 2. The predicted molar refractivity (Wildman–Crippen MR) is 125 cm³/mol. The van der Waals surface area contributed by atoms with Gasteiger partial charge in [-0.2, -0.15) is 0 Å². The number of unbranched alkanes of at least 4 members (excludes halogenated alkanes) is 8. The highest BCUT2D eigenvalue weighted by atomic mass is 16.5. The lowest BCUT2D eigenvalue weighted by Gasteiger charge is -2.17. The van der Waals surface area contributed by atoms with Crippen LogP contribution in [0.4, 0.5) is 0 Å². The molecule has 0 aliphatic carbocycles. The van der Waals surface area contributed by atoms with Gasteiger partial charge in [0.25, 0.3) is 5.91 Å². The Morgan fingerprint density at radius 2 is 1.63 bits per heavy atom. The van der Waals surface area contributed by atoms with E-state index in [0.717, 1.165) is 50.5 Å². The third kappa shape index (κ3) is 13.2. The fraction of sp³-hybridized carbons (Fsp3) is 0.615. The number of methoxy groups -OCH3 is 1. The molecule has 0 saturated carbocycles. The Balaban J connectivity index is 2.27. The topological polar surface area (TPSA) is 55.4 Å². The normalized spacial score (nSPS) is 12.1. The van der Waals surface area contributed by atoms with Crippen LogP contribution in [0.3, 0.4) is 0 Å². The lowest BCUT2D eigenvalue weighted by Crippen LogP contribution is -2.34. The van der Waals surface area contributed by atoms with Crippen molar-refractivity contribution in [2.45, 2.75) is 96.4 Å². The van der Waals surface area contributed by atoms with Gasteiger partial charge in [0.05, 0.1) is 7.11 Å². The smallest absolute Gasteiger partial charge is 0.305 e. The second kappa shape index (κ2) is 17.7. The number of allylic oxidation sites excluding steroid dienone is 1. The van der Waals surface area contributed by atoms with Gasteiger partial charge in [0.1, 0.15) is 0 Å². The molecular weight excluding hydrogens is 374 g/mol. The maximum Gasteiger partial charge on any atom is 0.305 e. The maximum absolute atomic E-state index is 12.5. The Morgan fingerprint density at radius 1 is 0.933 bits per heavy atom. The van der Waals surface area contributed by atoms with Crippen LogP contribution in [0.5, 0.6) is 0 Å². The Kier molecular flexibility index (Phi) is 15.3. The quantitative estimate of drug-likeness (QED) is 0.177. The number of hydrogen-bond donors (Lipinski definition) is 1. The molecule has 1 rings (SSSR count). The molecule has 4 nitrogen and oxygen atoms in total. The van der Waals surface area contributed by atoms with Crippen LogP contribution in [0.25, 0.3) is 0 Å². The molecule has 0 fully saturated rings. The summed E-state index contributed by atoms with van der Waals surface area (Å²) in [5.41, 5.74) is 0.729. The van der Waals surface area contributed by atoms with Crippen molar-refractivity contribution < 1.29 is 14.3 Å². The molecule has 1 aromatic carbocycles. The molecular formula is C26H41NO3. The third-order valence-corrected chi connectivity index (χ3v) is 5.34. The summed E-state index contributed by atoms with van der Waals surface area (Å²) in [7, 11) is 1.44. The van der Waals surface area contributed by atoms with Crippen molar-refractivity contribution in [3.05, 3.63) is 48.0 Å². The Morgan fingerprint density at radius 3 is 2.37 bits per heavy atom. The van der Waals surface area contributed by atoms with Crippen molar-refractivity contribution in [3.63, 3.8) is 0 Å². The van der Waals surface area contributed by atoms with Crippen LogP contribution < -0.4 is 5.32 Å². The van der Waals surface area contributed by atoms with Crippen LogP contribution in [0.1, 0.15) is 101 Å². The zero-order chi connectivity index (χ0) is 21.9. The number of ether oxygens (including phenoxy) is 1. The maximum atomic E-state index is 12.5. The van der Waals surface area contributed by atoms with Gasteiger partial charge in [-0.25, -0.2) is 0 Å². The molecule has 0 radical (unpaired) electrons. The van der Waals surface area contributed by atoms with Gasteiger partial charge in [0.2, 0.25) is 0 Å². The van der Waals surface area contributed by atoms with E-state index >= 15 is 0 Å². The minimum atomic E-state index is -0.110. The fourth-order valence-electron chi connectivity index (χ4n) is 3.47. The second-order valence-corrected chi connectivity index (χ2v) is 7.98. The number of carbonyl (C=O) groups excluding carboxylic acids is 2. The molecule has 30 heavy (non-hydrogen) atoms. The summed E-state index contributed by atoms with van der Waals surface area (Å²) in [6, 6.07) is 9.67. The Labute approximate surface area is 183 Å². The van der Waals surface area contributed by atoms with Crippen LogP contribution >= 0.6 is 0 Å². The molecule has 0 bridgehead atoms. The van der Waals surface area contributed by atoms with Gasteiger partial charge in [-0.15, -0.1) is 0 Å². The van der Waals surface area contributed by atoms with Crippen molar-refractivity contribution in [2.24, 2.45) is 0 Å². The fourth-order valence-corrected chi connectivity index (χ4v) is 3.47. The largest absolute Gasteiger partial charge is 0.469 e. The van der Waals surface area contributed by atoms with Crippen molar-refractivity contribution in [3.8, 4) is 0 Å². The average Bonchev–Trinajstić information content (AvgIpc) is 2.77. The van der Waals surface area contributed by atoms with Crippen molar-refractivity contribution in [2.75, 3.05) is 7.11 Å². The van der Waals surface area contributed by atoms with Gasteiger partial charge >= 0.3 is 5.97 Å². The zero-order valence-electron chi connectivity index (χ0n) is 19.0. The third-order valence-electron chi connectivity index (χ3n) is 5.34.